The van der Waals surface area contributed by atoms with E-state index in [1.165, 1.54) is 4.90 Å². The predicted molar refractivity (Wildman–Crippen MR) is 95.4 cm³/mol. The number of nitrogens with one attached hydrogen (secondary N) is 1. The predicted octanol–water partition coefficient (Wildman–Crippen LogP) is 1.83. The molecule has 2 aliphatic heterocycles. The van der Waals surface area contributed by atoms with Gasteiger partial charge in [0.05, 0.1) is 11.9 Å². The molecule has 0 spiro atoms. The molecule has 1 aromatic carbocycles. The molecule has 2 N–H and O–H groups in total. The van der Waals surface area contributed by atoms with Crippen molar-refractivity contribution in [3.63, 3.8) is 0 Å². The third kappa shape index (κ3) is 2.72. The number of aliphatic imine (C=N–C) groups is 1. The molecule has 3 heterocycles. The summed E-state index contributed by atoms with van der Waals surface area (Å²) in [6.45, 7) is 2.21. The number of aromatic nitrogens is 1. The molecule has 1 atom stereocenters. The highest BCUT2D eigenvalue weighted by atomic mass is 16.4. The smallest absolute Gasteiger partial charge is 0.407 e. The Balaban J connectivity index is 1.71. The van der Waals surface area contributed by atoms with Gasteiger partial charge in [0, 0.05) is 49.5 Å². The Labute approximate surface area is 145 Å². The zero-order valence-corrected chi connectivity index (χ0v) is 13.7. The van der Waals surface area contributed by atoms with Crippen molar-refractivity contribution in [2.24, 2.45) is 4.99 Å². The van der Waals surface area contributed by atoms with Crippen LogP contribution in [0, 0.1) is 0 Å². The molecule has 4 rings (SSSR count). The van der Waals surface area contributed by atoms with E-state index < -0.39 is 11.8 Å². The van der Waals surface area contributed by atoms with Crippen molar-refractivity contribution in [1.29, 1.82) is 0 Å². The monoisotopic (exact) mass is 337 g/mol. The highest BCUT2D eigenvalue weighted by Crippen LogP contribution is 2.31. The molecule has 0 bridgehead atoms. The van der Waals surface area contributed by atoms with Gasteiger partial charge in [-0.25, -0.2) is 9.79 Å². The second-order valence-electron chi connectivity index (χ2n) is 6.18. The van der Waals surface area contributed by atoms with E-state index in [0.29, 0.717) is 26.2 Å². The number of para-hydroxylation sites is 1. The van der Waals surface area contributed by atoms with Crippen molar-refractivity contribution in [2.75, 3.05) is 26.2 Å². The lowest BCUT2D eigenvalue weighted by molar-refractivity contribution is 0.0477. The summed E-state index contributed by atoms with van der Waals surface area (Å²) in [7, 11) is 0. The molecule has 0 aliphatic carbocycles. The zero-order valence-electron chi connectivity index (χ0n) is 13.7. The van der Waals surface area contributed by atoms with E-state index in [4.69, 9.17) is 0 Å². The third-order valence-electron chi connectivity index (χ3n) is 4.84. The number of nitrogens with zero attached hydrogens (tertiary/aromatic N) is 4. The first-order valence-corrected chi connectivity index (χ1v) is 8.24. The van der Waals surface area contributed by atoms with E-state index in [9.17, 15) is 9.90 Å². The Morgan fingerprint density at radius 2 is 2.00 bits per heavy atom. The Bertz CT molecular complexity index is 857. The van der Waals surface area contributed by atoms with Gasteiger partial charge in [0.1, 0.15) is 5.66 Å². The number of rotatable bonds is 2. The van der Waals surface area contributed by atoms with E-state index in [1.54, 1.807) is 12.5 Å². The Hall–Kier alpha value is -2.93. The zero-order chi connectivity index (χ0) is 17.3. The van der Waals surface area contributed by atoms with Crippen molar-refractivity contribution in [3.8, 4) is 0 Å². The lowest BCUT2D eigenvalue weighted by atomic mass is 9.95. The molecule has 7 heteroatoms. The molecule has 1 unspecified atom stereocenters. The van der Waals surface area contributed by atoms with Gasteiger partial charge in [0.2, 0.25) is 0 Å². The summed E-state index contributed by atoms with van der Waals surface area (Å²) in [6.07, 6.45) is 6.47. The van der Waals surface area contributed by atoms with Gasteiger partial charge in [-0.1, -0.05) is 18.2 Å². The normalized spacial score (nSPS) is 23.6. The molecule has 1 aromatic heterocycles. The van der Waals surface area contributed by atoms with Gasteiger partial charge >= 0.3 is 6.09 Å². The standard InChI is InChI=1S/C18H19N5O2/c24-17(25)22-7-9-23(10-8-22)18(5-6-19-13-21-18)15-11-14-3-1-2-4-16(14)20-12-15/h1-6,11-13H,7-10H2,(H,19,21)(H,24,25). The first kappa shape index (κ1) is 15.6. The second kappa shape index (κ2) is 6.18. The Kier molecular flexibility index (Phi) is 3.85. The van der Waals surface area contributed by atoms with E-state index >= 15 is 0 Å². The quantitative estimate of drug-likeness (QED) is 0.874. The van der Waals surface area contributed by atoms with Crippen LogP contribution in [-0.2, 0) is 5.66 Å². The van der Waals surface area contributed by atoms with E-state index in [-0.39, 0.29) is 0 Å². The second-order valence-corrected chi connectivity index (χ2v) is 6.18. The number of hydrogen-bond donors (Lipinski definition) is 2. The van der Waals surface area contributed by atoms with Crippen molar-refractivity contribution in [3.05, 3.63) is 54.4 Å². The van der Waals surface area contributed by atoms with Crippen molar-refractivity contribution < 1.29 is 9.90 Å². The van der Waals surface area contributed by atoms with Crippen LogP contribution >= 0.6 is 0 Å². The lowest BCUT2D eigenvalue weighted by Crippen LogP contribution is -2.61. The maximum atomic E-state index is 11.2. The summed E-state index contributed by atoms with van der Waals surface area (Å²) in [5.41, 5.74) is 1.39. The van der Waals surface area contributed by atoms with Gasteiger partial charge in [-0.15, -0.1) is 0 Å². The SMILES string of the molecule is O=C(O)N1CCN(C2(c3cnc4ccccc4c3)C=CN=CN2)CC1. The molecule has 0 radical (unpaired) electrons. The summed E-state index contributed by atoms with van der Waals surface area (Å²) in [4.78, 5) is 23.6. The summed E-state index contributed by atoms with van der Waals surface area (Å²) in [5, 5.41) is 13.6. The van der Waals surface area contributed by atoms with Crippen molar-refractivity contribution >= 4 is 23.3 Å². The summed E-state index contributed by atoms with van der Waals surface area (Å²) in [5.74, 6) is 0. The first-order chi connectivity index (χ1) is 12.2. The van der Waals surface area contributed by atoms with Gasteiger partial charge in [0.25, 0.3) is 0 Å². The summed E-state index contributed by atoms with van der Waals surface area (Å²) in [6, 6.07) is 10.1. The molecule has 2 aromatic rings. The number of carboxylic acid groups (broad SMARTS) is 1. The van der Waals surface area contributed by atoms with Crippen LogP contribution in [-0.4, -0.2) is 58.5 Å². The van der Waals surface area contributed by atoms with Crippen LogP contribution in [0.2, 0.25) is 0 Å². The number of pyridine rings is 1. The Morgan fingerprint density at radius 1 is 1.20 bits per heavy atom. The lowest BCUT2D eigenvalue weighted by Gasteiger charge is -2.46. The molecule has 2 aliphatic rings. The van der Waals surface area contributed by atoms with Gasteiger partial charge in [-0.3, -0.25) is 9.88 Å². The van der Waals surface area contributed by atoms with Gasteiger partial charge in [0.15, 0.2) is 0 Å². The summed E-state index contributed by atoms with van der Waals surface area (Å²) >= 11 is 0. The van der Waals surface area contributed by atoms with Crippen LogP contribution in [0.4, 0.5) is 4.79 Å². The molecule has 128 valence electrons. The number of fused-ring (bicyclic) bond motifs is 1. The molecule has 0 saturated carbocycles. The van der Waals surface area contributed by atoms with Crippen LogP contribution < -0.4 is 5.32 Å². The molecular formula is C18H19N5O2. The van der Waals surface area contributed by atoms with E-state index in [1.807, 2.05) is 36.5 Å². The molecule has 7 nitrogen and oxygen atoms in total. The minimum atomic E-state index is -0.866. The first-order valence-electron chi connectivity index (χ1n) is 8.24. The van der Waals surface area contributed by atoms with Crippen LogP contribution in [0.1, 0.15) is 5.56 Å². The van der Waals surface area contributed by atoms with Crippen LogP contribution in [0.25, 0.3) is 10.9 Å². The largest absolute Gasteiger partial charge is 0.465 e. The van der Waals surface area contributed by atoms with Crippen LogP contribution in [0.15, 0.2) is 53.8 Å². The van der Waals surface area contributed by atoms with Crippen molar-refractivity contribution in [1.82, 2.24) is 20.1 Å². The van der Waals surface area contributed by atoms with Gasteiger partial charge in [-0.2, -0.15) is 0 Å². The maximum absolute atomic E-state index is 11.2. The fourth-order valence-corrected chi connectivity index (χ4v) is 3.47. The van der Waals surface area contributed by atoms with E-state index in [0.717, 1.165) is 16.5 Å². The Morgan fingerprint density at radius 3 is 2.72 bits per heavy atom. The highest BCUT2D eigenvalue weighted by Gasteiger charge is 2.39. The van der Waals surface area contributed by atoms with Crippen molar-refractivity contribution in [2.45, 2.75) is 5.66 Å². The molecule has 1 saturated heterocycles. The molecule has 1 fully saturated rings. The minimum Gasteiger partial charge on any atom is -0.465 e. The summed E-state index contributed by atoms with van der Waals surface area (Å²) < 4.78 is 0. The number of hydrogen-bond acceptors (Lipinski definition) is 5. The topological polar surface area (TPSA) is 81.1 Å². The van der Waals surface area contributed by atoms with E-state index in [2.05, 4.69) is 26.3 Å². The molecule has 25 heavy (non-hydrogen) atoms. The maximum Gasteiger partial charge on any atom is 0.407 e. The highest BCUT2D eigenvalue weighted by molar-refractivity contribution is 5.79. The number of benzene rings is 1. The number of carbonyl (C=O) groups is 1. The minimum absolute atomic E-state index is 0.477. The van der Waals surface area contributed by atoms with Gasteiger partial charge < -0.3 is 15.3 Å². The van der Waals surface area contributed by atoms with Crippen LogP contribution in [0.5, 0.6) is 0 Å². The molecule has 1 amide bonds. The molecular weight excluding hydrogens is 318 g/mol. The van der Waals surface area contributed by atoms with Gasteiger partial charge in [-0.05, 0) is 18.2 Å². The van der Waals surface area contributed by atoms with Crippen LogP contribution in [0.3, 0.4) is 0 Å². The number of amides is 1. The fourth-order valence-electron chi connectivity index (χ4n) is 3.47. The average Bonchev–Trinajstić information content (AvgIpc) is 2.68. The fraction of sp³-hybridized carbons (Fsp3) is 0.278. The number of piperazine rings is 1. The third-order valence-corrected chi connectivity index (χ3v) is 4.84. The average molecular weight is 337 g/mol.